The lowest BCUT2D eigenvalue weighted by atomic mass is 9.95. The average Bonchev–Trinajstić information content (AvgIpc) is 2.49. The zero-order chi connectivity index (χ0) is 17.1. The summed E-state index contributed by atoms with van der Waals surface area (Å²) in [5.74, 6) is -2.60. The monoisotopic (exact) mass is 326 g/mol. The van der Waals surface area contributed by atoms with Gasteiger partial charge in [0.05, 0.1) is 18.7 Å². The van der Waals surface area contributed by atoms with Gasteiger partial charge in [0.1, 0.15) is 0 Å². The molecule has 0 saturated heterocycles. The third-order valence-electron chi connectivity index (χ3n) is 3.86. The summed E-state index contributed by atoms with van der Waals surface area (Å²) in [4.78, 5) is 23.7. The fourth-order valence-electron chi connectivity index (χ4n) is 2.80. The molecule has 8 heteroatoms. The molecule has 0 N–H and O–H groups in total. The number of rotatable bonds is 4. The number of anilines is 1. The average molecular weight is 326 g/mol. The van der Waals surface area contributed by atoms with Crippen LogP contribution in [0.2, 0.25) is 0 Å². The number of allylic oxidation sites excluding steroid dienone is 1. The van der Waals surface area contributed by atoms with Crippen molar-refractivity contribution in [3.63, 3.8) is 0 Å². The molecule has 0 bridgehead atoms. The molecule has 1 aromatic rings. The molecule has 6 nitrogen and oxygen atoms in total. The molecular formula is C15H16F2N2O4. The van der Waals surface area contributed by atoms with Gasteiger partial charge in [0.15, 0.2) is 11.6 Å². The van der Waals surface area contributed by atoms with Gasteiger partial charge in [-0.3, -0.25) is 10.1 Å². The minimum atomic E-state index is -1.06. The van der Waals surface area contributed by atoms with E-state index in [4.69, 9.17) is 4.74 Å². The van der Waals surface area contributed by atoms with Gasteiger partial charge in [0.2, 0.25) is 6.54 Å². The number of nitrogens with zero attached hydrogens (tertiary/aromatic N) is 2. The maximum Gasteiger partial charge on any atom is 0.335 e. The predicted octanol–water partition coefficient (Wildman–Crippen LogP) is 2.66. The lowest BCUT2D eigenvalue weighted by molar-refractivity contribution is -0.482. The normalized spacial score (nSPS) is 18.1. The second-order valence-corrected chi connectivity index (χ2v) is 5.23. The van der Waals surface area contributed by atoms with Crippen molar-refractivity contribution in [2.24, 2.45) is 0 Å². The van der Waals surface area contributed by atoms with E-state index in [1.165, 1.54) is 18.1 Å². The number of benzene rings is 1. The van der Waals surface area contributed by atoms with Crippen molar-refractivity contribution in [2.45, 2.75) is 25.8 Å². The largest absolute Gasteiger partial charge is 0.466 e. The molecule has 0 aromatic heterocycles. The van der Waals surface area contributed by atoms with E-state index in [9.17, 15) is 23.7 Å². The van der Waals surface area contributed by atoms with Gasteiger partial charge < -0.3 is 9.64 Å². The third-order valence-corrected chi connectivity index (χ3v) is 3.86. The Hall–Kier alpha value is -2.51. The van der Waals surface area contributed by atoms with Gasteiger partial charge in [-0.2, -0.15) is 0 Å². The maximum atomic E-state index is 13.5. The summed E-state index contributed by atoms with van der Waals surface area (Å²) in [5, 5.41) is 10.9. The molecule has 124 valence electrons. The van der Waals surface area contributed by atoms with Crippen molar-refractivity contribution in [1.82, 2.24) is 0 Å². The number of hydrogen-bond donors (Lipinski definition) is 0. The number of halogens is 2. The zero-order valence-corrected chi connectivity index (χ0v) is 12.7. The van der Waals surface area contributed by atoms with Crippen LogP contribution in [0.3, 0.4) is 0 Å². The molecule has 0 spiro atoms. The summed E-state index contributed by atoms with van der Waals surface area (Å²) in [6.45, 7) is 1.24. The Morgan fingerprint density at radius 3 is 2.70 bits per heavy atom. The molecule has 1 aliphatic rings. The summed E-state index contributed by atoms with van der Waals surface area (Å²) in [7, 11) is 1.24. The number of ether oxygens (including phenoxy) is 1. The van der Waals surface area contributed by atoms with E-state index in [0.29, 0.717) is 24.1 Å². The topological polar surface area (TPSA) is 72.7 Å². The van der Waals surface area contributed by atoms with E-state index < -0.39 is 28.6 Å². The molecule has 0 saturated carbocycles. The van der Waals surface area contributed by atoms with Crippen molar-refractivity contribution < 1.29 is 23.2 Å². The Bertz CT molecular complexity index is 675. The van der Waals surface area contributed by atoms with Crippen LogP contribution in [0.1, 0.15) is 19.8 Å². The van der Waals surface area contributed by atoms with Gasteiger partial charge in [-0.15, -0.1) is 0 Å². The Morgan fingerprint density at radius 1 is 1.43 bits per heavy atom. The van der Waals surface area contributed by atoms with Gasteiger partial charge in [-0.25, -0.2) is 13.6 Å². The third kappa shape index (κ3) is 3.46. The minimum Gasteiger partial charge on any atom is -0.466 e. The molecule has 0 fully saturated rings. The highest BCUT2D eigenvalue weighted by atomic mass is 19.2. The van der Waals surface area contributed by atoms with Crippen molar-refractivity contribution in [2.75, 3.05) is 18.6 Å². The van der Waals surface area contributed by atoms with Crippen LogP contribution in [0.15, 0.2) is 29.5 Å². The van der Waals surface area contributed by atoms with E-state index in [2.05, 4.69) is 0 Å². The fraction of sp³-hybridized carbons (Fsp3) is 0.400. The van der Waals surface area contributed by atoms with Gasteiger partial charge in [-0.1, -0.05) is 0 Å². The first-order valence-electron chi connectivity index (χ1n) is 6.99. The molecule has 2 rings (SSSR count). The first-order valence-corrected chi connectivity index (χ1v) is 6.99. The molecule has 1 aliphatic heterocycles. The van der Waals surface area contributed by atoms with Crippen molar-refractivity contribution in [1.29, 1.82) is 0 Å². The highest BCUT2D eigenvalue weighted by molar-refractivity contribution is 5.90. The molecule has 23 heavy (non-hydrogen) atoms. The Labute approximate surface area is 131 Å². The second kappa shape index (κ2) is 6.72. The molecule has 1 aromatic carbocycles. The first kappa shape index (κ1) is 16.9. The van der Waals surface area contributed by atoms with E-state index >= 15 is 0 Å². The molecule has 0 radical (unpaired) electrons. The quantitative estimate of drug-likeness (QED) is 0.483. The van der Waals surface area contributed by atoms with E-state index in [1.54, 1.807) is 6.92 Å². The summed E-state index contributed by atoms with van der Waals surface area (Å²) in [6, 6.07) is 2.69. The Balaban J connectivity index is 2.50. The number of nitro groups is 1. The van der Waals surface area contributed by atoms with Crippen LogP contribution < -0.4 is 4.90 Å². The molecule has 1 unspecified atom stereocenters. The van der Waals surface area contributed by atoms with Crippen molar-refractivity contribution in [3.8, 4) is 0 Å². The molecule has 0 aliphatic carbocycles. The summed E-state index contributed by atoms with van der Waals surface area (Å²) in [5.41, 5.74) is 1.08. The lowest BCUT2D eigenvalue weighted by Gasteiger charge is -2.37. The van der Waals surface area contributed by atoms with Crippen LogP contribution in [-0.2, 0) is 9.53 Å². The number of hydrogen-bond acceptors (Lipinski definition) is 5. The van der Waals surface area contributed by atoms with Gasteiger partial charge >= 0.3 is 5.97 Å². The van der Waals surface area contributed by atoms with E-state index in [1.807, 2.05) is 0 Å². The van der Waals surface area contributed by atoms with Crippen molar-refractivity contribution in [3.05, 3.63) is 51.2 Å². The number of carbonyl (C=O) groups excluding carboxylic acids is 1. The van der Waals surface area contributed by atoms with Crippen LogP contribution in [0, 0.1) is 21.7 Å². The van der Waals surface area contributed by atoms with Crippen LogP contribution in [0.5, 0.6) is 0 Å². The maximum absolute atomic E-state index is 13.5. The van der Waals surface area contributed by atoms with Crippen LogP contribution in [0.4, 0.5) is 14.5 Å². The van der Waals surface area contributed by atoms with Crippen LogP contribution >= 0.6 is 0 Å². The summed E-state index contributed by atoms with van der Waals surface area (Å²) in [6.07, 6.45) is 0.666. The van der Waals surface area contributed by atoms with Crippen LogP contribution in [-0.4, -0.2) is 30.6 Å². The van der Waals surface area contributed by atoms with E-state index in [-0.39, 0.29) is 12.2 Å². The lowest BCUT2D eigenvalue weighted by Crippen LogP contribution is -2.43. The highest BCUT2D eigenvalue weighted by Gasteiger charge is 2.33. The summed E-state index contributed by atoms with van der Waals surface area (Å²) >= 11 is 0. The first-order chi connectivity index (χ1) is 10.8. The zero-order valence-electron chi connectivity index (χ0n) is 12.7. The standard InChI is InChI=1S/C15H16F2N2O4/c1-9-12(15(20)23-2)5-3-11(8-18(21)22)19(9)10-4-6-13(16)14(17)7-10/h4,6-7,11H,3,5,8H2,1-2H3. The number of methoxy groups -OCH3 is 1. The van der Waals surface area contributed by atoms with Gasteiger partial charge in [0, 0.05) is 22.4 Å². The fourth-order valence-corrected chi connectivity index (χ4v) is 2.80. The predicted molar refractivity (Wildman–Crippen MR) is 78.4 cm³/mol. The highest BCUT2D eigenvalue weighted by Crippen LogP contribution is 2.33. The number of esters is 1. The second-order valence-electron chi connectivity index (χ2n) is 5.23. The smallest absolute Gasteiger partial charge is 0.335 e. The molecule has 0 amide bonds. The Morgan fingerprint density at radius 2 is 2.13 bits per heavy atom. The molecular weight excluding hydrogens is 310 g/mol. The SMILES string of the molecule is COC(=O)C1=C(C)N(c2ccc(F)c(F)c2)C(C[N+](=O)[O-])CC1. The minimum absolute atomic E-state index is 0.259. The van der Waals surface area contributed by atoms with Gasteiger partial charge in [0.25, 0.3) is 0 Å². The number of carbonyl (C=O) groups is 1. The van der Waals surface area contributed by atoms with E-state index in [0.717, 1.165) is 12.1 Å². The molecule has 1 heterocycles. The molecule has 1 atom stereocenters. The van der Waals surface area contributed by atoms with Gasteiger partial charge in [-0.05, 0) is 31.9 Å². The van der Waals surface area contributed by atoms with Crippen molar-refractivity contribution >= 4 is 11.7 Å². The summed E-state index contributed by atoms with van der Waals surface area (Å²) < 4.78 is 31.4. The Kier molecular flexibility index (Phi) is 4.92. The van der Waals surface area contributed by atoms with Crippen LogP contribution in [0.25, 0.3) is 0 Å².